The first kappa shape index (κ1) is 33.8. The highest BCUT2D eigenvalue weighted by Gasteiger charge is 2.16. The van der Waals surface area contributed by atoms with Crippen molar-refractivity contribution >= 4 is 45.4 Å². The average molecular weight is 617 g/mol. The van der Waals surface area contributed by atoms with Crippen LogP contribution in [0.25, 0.3) is 0 Å². The minimum Gasteiger partial charge on any atom is -0.493 e. The van der Waals surface area contributed by atoms with E-state index in [2.05, 4.69) is 21.4 Å². The topological polar surface area (TPSA) is 99.7 Å². The lowest BCUT2D eigenvalue weighted by Crippen LogP contribution is -2.11. The van der Waals surface area contributed by atoms with Gasteiger partial charge in [0.05, 0.1) is 39.8 Å². The van der Waals surface area contributed by atoms with Crippen LogP contribution >= 0.6 is 11.6 Å². The molecule has 4 aromatic rings. The van der Waals surface area contributed by atoms with Crippen molar-refractivity contribution in [1.82, 2.24) is 0 Å². The van der Waals surface area contributed by atoms with Crippen molar-refractivity contribution in [2.45, 2.75) is 34.1 Å². The van der Waals surface area contributed by atoms with Crippen LogP contribution in [0.1, 0.15) is 29.7 Å². The minimum absolute atomic E-state index is 0. The molecule has 0 aliphatic carbocycles. The van der Waals surface area contributed by atoms with Gasteiger partial charge in [0.25, 0.3) is 0 Å². The number of nitrogens with zero attached hydrogens (tertiary/aromatic N) is 2. The van der Waals surface area contributed by atoms with E-state index in [9.17, 15) is 0 Å². The molecule has 0 fully saturated rings. The number of para-hydroxylation sites is 2. The minimum atomic E-state index is 0. The monoisotopic (exact) mass is 616 g/mol. The second kappa shape index (κ2) is 15.7. The number of ether oxygens (including phenoxy) is 4. The van der Waals surface area contributed by atoms with Crippen LogP contribution in [0, 0.1) is 13.8 Å². The van der Waals surface area contributed by atoms with Crippen molar-refractivity contribution in [3.05, 3.63) is 95.1 Å². The number of methoxy groups -OCH3 is 4. The van der Waals surface area contributed by atoms with Gasteiger partial charge in [0.15, 0.2) is 23.0 Å². The number of nitrogens with two attached hydrogens (primary N) is 1. The number of halogens is 1. The molecule has 0 amide bonds. The molecule has 0 saturated heterocycles. The van der Waals surface area contributed by atoms with Gasteiger partial charge in [-0.15, -0.1) is 0 Å². The Balaban J connectivity index is 0.000000195. The molecule has 0 spiro atoms. The number of nitrogen functional groups attached to an aromatic ring is 1. The zero-order valence-electron chi connectivity index (χ0n) is 25.3. The lowest BCUT2D eigenvalue weighted by molar-refractivity contribution is 0.353. The van der Waals surface area contributed by atoms with Crippen molar-refractivity contribution in [2.24, 2.45) is 9.98 Å². The number of amidine groups is 1. The van der Waals surface area contributed by atoms with Crippen LogP contribution in [0.4, 0.5) is 22.7 Å². The van der Waals surface area contributed by atoms with E-state index in [1.807, 2.05) is 74.5 Å². The van der Waals surface area contributed by atoms with Gasteiger partial charge in [0, 0.05) is 36.3 Å². The second-order valence-corrected chi connectivity index (χ2v) is 10.3. The maximum absolute atomic E-state index is 5.73. The third kappa shape index (κ3) is 8.23. The molecule has 2 heterocycles. The van der Waals surface area contributed by atoms with Crippen LogP contribution in [0.5, 0.6) is 23.0 Å². The Kier molecular flexibility index (Phi) is 12.1. The summed E-state index contributed by atoms with van der Waals surface area (Å²) in [5, 5.41) is 4.06. The molecular weight excluding hydrogens is 576 g/mol. The number of benzene rings is 4. The molecule has 0 radical (unpaired) electrons. The summed E-state index contributed by atoms with van der Waals surface area (Å²) in [7, 11) is 6.50. The van der Waals surface area contributed by atoms with E-state index in [1.54, 1.807) is 34.5 Å². The van der Waals surface area contributed by atoms with E-state index in [4.69, 9.17) is 36.3 Å². The molecule has 0 unspecified atom stereocenters. The Labute approximate surface area is 265 Å². The van der Waals surface area contributed by atoms with Gasteiger partial charge in [-0.05, 0) is 60.4 Å². The lowest BCUT2D eigenvalue weighted by atomic mass is 10.1. The third-order valence-corrected chi connectivity index (χ3v) is 7.03. The average Bonchev–Trinajstić information content (AvgIpc) is 3.58. The quantitative estimate of drug-likeness (QED) is 0.218. The predicted molar refractivity (Wildman–Crippen MR) is 184 cm³/mol. The lowest BCUT2D eigenvalue weighted by Gasteiger charge is -2.14. The first-order valence-corrected chi connectivity index (χ1v) is 14.1. The van der Waals surface area contributed by atoms with Crippen LogP contribution in [0.3, 0.4) is 0 Å². The summed E-state index contributed by atoms with van der Waals surface area (Å²) in [6.45, 7) is 3.93. The summed E-state index contributed by atoms with van der Waals surface area (Å²) < 4.78 is 21.0. The molecule has 0 saturated carbocycles. The first-order valence-electron chi connectivity index (χ1n) is 13.7. The molecule has 9 heteroatoms. The molecule has 0 bridgehead atoms. The molecule has 232 valence electrons. The summed E-state index contributed by atoms with van der Waals surface area (Å²) >= 11 is 5.73. The van der Waals surface area contributed by atoms with Crippen molar-refractivity contribution in [3.63, 3.8) is 0 Å². The van der Waals surface area contributed by atoms with Crippen LogP contribution in [-0.4, -0.2) is 39.4 Å². The molecule has 0 atom stereocenters. The number of aliphatic imine (C=N–C) groups is 2. The third-order valence-electron chi connectivity index (χ3n) is 6.81. The Hall–Kier alpha value is -4.69. The number of nitrogens with one attached hydrogen (secondary N) is 1. The van der Waals surface area contributed by atoms with Gasteiger partial charge in [0.2, 0.25) is 0 Å². The highest BCUT2D eigenvalue weighted by atomic mass is 35.5. The number of hydrogen-bond acceptors (Lipinski definition) is 8. The SMILES string of the molecule is C.COc1cc(N)cc(C)c1OC.COc1cc(NC2=Nc3ccccc3C2)cc(C)c1OC.ClC1=Nc2ccccc2C1. The molecule has 3 N–H and O–H groups in total. The van der Waals surface area contributed by atoms with Crippen LogP contribution in [0.2, 0.25) is 0 Å². The van der Waals surface area contributed by atoms with Gasteiger partial charge < -0.3 is 30.0 Å². The smallest absolute Gasteiger partial charge is 0.163 e. The van der Waals surface area contributed by atoms with E-state index in [-0.39, 0.29) is 7.43 Å². The second-order valence-electron chi connectivity index (χ2n) is 9.88. The normalized spacial score (nSPS) is 12.0. The van der Waals surface area contributed by atoms with Crippen LogP contribution < -0.4 is 30.0 Å². The molecule has 6 rings (SSSR count). The summed E-state index contributed by atoms with van der Waals surface area (Å²) in [6.07, 6.45) is 1.63. The zero-order valence-corrected chi connectivity index (χ0v) is 26.1. The molecular formula is C35H41ClN4O4. The van der Waals surface area contributed by atoms with Crippen molar-refractivity contribution in [2.75, 3.05) is 39.5 Å². The summed E-state index contributed by atoms with van der Waals surface area (Å²) in [5.74, 6) is 3.85. The Bertz CT molecular complexity index is 1650. The van der Waals surface area contributed by atoms with Crippen molar-refractivity contribution in [1.29, 1.82) is 0 Å². The van der Waals surface area contributed by atoms with Crippen LogP contribution in [-0.2, 0) is 12.8 Å². The summed E-state index contributed by atoms with van der Waals surface area (Å²) in [4.78, 5) is 8.74. The number of anilines is 2. The fourth-order valence-electron chi connectivity index (χ4n) is 4.88. The number of hydrogen-bond donors (Lipinski definition) is 2. The van der Waals surface area contributed by atoms with Crippen molar-refractivity contribution < 1.29 is 18.9 Å². The van der Waals surface area contributed by atoms with Gasteiger partial charge in [0.1, 0.15) is 11.0 Å². The fourth-order valence-corrected chi connectivity index (χ4v) is 5.11. The Morgan fingerprint density at radius 3 is 1.75 bits per heavy atom. The standard InChI is InChI=1S/C17H18N2O2.C9H13NO2.C8H6ClN.CH4/c1-11-8-13(10-15(20-2)17(11)21-3)18-16-9-12-6-4-5-7-14(12)19-16;1-6-4-7(10)5-8(11-2)9(6)12-3;9-8-5-6-3-1-2-4-7(6)10-8;/h4-8,10H,9H2,1-3H3,(H,18,19);4-5H,10H2,1-3H3;1-4H,5H2;1H4. The summed E-state index contributed by atoms with van der Waals surface area (Å²) in [5.41, 5.74) is 13.8. The van der Waals surface area contributed by atoms with Gasteiger partial charge in [-0.1, -0.05) is 55.4 Å². The van der Waals surface area contributed by atoms with E-state index in [0.29, 0.717) is 16.6 Å². The summed E-state index contributed by atoms with van der Waals surface area (Å²) in [6, 6.07) is 23.7. The van der Waals surface area contributed by atoms with Gasteiger partial charge in [-0.2, -0.15) is 0 Å². The van der Waals surface area contributed by atoms with E-state index < -0.39 is 0 Å². The fraction of sp³-hybridized carbons (Fsp3) is 0.257. The Morgan fingerprint density at radius 1 is 0.682 bits per heavy atom. The van der Waals surface area contributed by atoms with Gasteiger partial charge in [-0.3, -0.25) is 0 Å². The van der Waals surface area contributed by atoms with E-state index >= 15 is 0 Å². The molecule has 2 aliphatic rings. The molecule has 0 aromatic heterocycles. The molecule has 44 heavy (non-hydrogen) atoms. The Morgan fingerprint density at radius 2 is 1.20 bits per heavy atom. The van der Waals surface area contributed by atoms with Crippen LogP contribution in [0.15, 0.2) is 82.8 Å². The molecule has 2 aliphatic heterocycles. The van der Waals surface area contributed by atoms with Gasteiger partial charge >= 0.3 is 0 Å². The number of aryl methyl sites for hydroxylation is 2. The highest BCUT2D eigenvalue weighted by Crippen LogP contribution is 2.35. The van der Waals surface area contributed by atoms with Crippen molar-refractivity contribution in [3.8, 4) is 23.0 Å². The first-order chi connectivity index (χ1) is 20.8. The number of fused-ring (bicyclic) bond motifs is 2. The van der Waals surface area contributed by atoms with E-state index in [1.165, 1.54) is 11.1 Å². The largest absolute Gasteiger partial charge is 0.493 e. The predicted octanol–water partition coefficient (Wildman–Crippen LogP) is 8.45. The molecule has 4 aromatic carbocycles. The molecule has 8 nitrogen and oxygen atoms in total. The zero-order chi connectivity index (χ0) is 30.9. The number of rotatable bonds is 5. The highest BCUT2D eigenvalue weighted by molar-refractivity contribution is 6.66. The van der Waals surface area contributed by atoms with E-state index in [0.717, 1.165) is 64.1 Å². The maximum Gasteiger partial charge on any atom is 0.163 e. The van der Waals surface area contributed by atoms with Gasteiger partial charge in [-0.25, -0.2) is 9.98 Å². The maximum atomic E-state index is 5.73.